The van der Waals surface area contributed by atoms with Crippen molar-refractivity contribution in [2.24, 2.45) is 0 Å². The lowest BCUT2D eigenvalue weighted by atomic mass is 10.0. The normalized spacial score (nSPS) is 10.1. The maximum absolute atomic E-state index is 11.6. The van der Waals surface area contributed by atoms with E-state index in [4.69, 9.17) is 0 Å². The van der Waals surface area contributed by atoms with E-state index < -0.39 is 0 Å². The predicted octanol–water partition coefficient (Wildman–Crippen LogP) is 3.65. The third-order valence-electron chi connectivity index (χ3n) is 2.19. The summed E-state index contributed by atoms with van der Waals surface area (Å²) in [6.07, 6.45) is 6.08. The molecule has 0 fully saturated rings. The van der Waals surface area contributed by atoms with Crippen molar-refractivity contribution >= 4 is 5.78 Å². The SMILES string of the molecule is CCCC[CH]CC(=O)c1ccccc1. The van der Waals surface area contributed by atoms with Gasteiger partial charge in [0, 0.05) is 12.0 Å². The molecule has 0 unspecified atom stereocenters. The number of carbonyl (C=O) groups excluding carboxylic acids is 1. The second kappa shape index (κ2) is 6.36. The van der Waals surface area contributed by atoms with Crippen LogP contribution >= 0.6 is 0 Å². The Labute approximate surface area is 86.1 Å². The van der Waals surface area contributed by atoms with Gasteiger partial charge in [0.05, 0.1) is 0 Å². The van der Waals surface area contributed by atoms with Crippen molar-refractivity contribution in [3.8, 4) is 0 Å². The van der Waals surface area contributed by atoms with Gasteiger partial charge in [-0.3, -0.25) is 4.79 Å². The van der Waals surface area contributed by atoms with Crippen LogP contribution < -0.4 is 0 Å². The van der Waals surface area contributed by atoms with Crippen molar-refractivity contribution in [1.29, 1.82) is 0 Å². The number of unbranched alkanes of at least 4 members (excludes halogenated alkanes) is 3. The molecule has 0 spiro atoms. The molecule has 0 heterocycles. The number of rotatable bonds is 6. The maximum atomic E-state index is 11.6. The highest BCUT2D eigenvalue weighted by Crippen LogP contribution is 2.07. The van der Waals surface area contributed by atoms with Gasteiger partial charge < -0.3 is 0 Å². The topological polar surface area (TPSA) is 17.1 Å². The summed E-state index contributed by atoms with van der Waals surface area (Å²) >= 11 is 0. The summed E-state index contributed by atoms with van der Waals surface area (Å²) in [6, 6.07) is 9.47. The van der Waals surface area contributed by atoms with Crippen LogP contribution in [0.1, 0.15) is 43.0 Å². The van der Waals surface area contributed by atoms with E-state index in [1.165, 1.54) is 12.8 Å². The molecule has 0 aliphatic heterocycles. The van der Waals surface area contributed by atoms with Gasteiger partial charge in [-0.15, -0.1) is 0 Å². The minimum absolute atomic E-state index is 0.224. The summed E-state index contributed by atoms with van der Waals surface area (Å²) in [7, 11) is 0. The quantitative estimate of drug-likeness (QED) is 0.493. The van der Waals surface area contributed by atoms with Crippen LogP contribution in [-0.4, -0.2) is 5.78 Å². The Morgan fingerprint density at radius 2 is 2.00 bits per heavy atom. The van der Waals surface area contributed by atoms with Gasteiger partial charge in [-0.2, -0.15) is 0 Å². The number of ketones is 1. The standard InChI is InChI=1S/C13H17O/c1-2-3-4-8-11-13(14)12-9-6-5-7-10-12/h5-10H,2-4,11H2,1H3. The van der Waals surface area contributed by atoms with Crippen molar-refractivity contribution in [1.82, 2.24) is 0 Å². The molecule has 14 heavy (non-hydrogen) atoms. The lowest BCUT2D eigenvalue weighted by Crippen LogP contribution is -1.98. The molecule has 0 N–H and O–H groups in total. The Morgan fingerprint density at radius 3 is 2.64 bits per heavy atom. The monoisotopic (exact) mass is 189 g/mol. The fraction of sp³-hybridized carbons (Fsp3) is 0.385. The summed E-state index contributed by atoms with van der Waals surface area (Å²) in [5.74, 6) is 0.224. The Bertz CT molecular complexity index is 264. The number of benzene rings is 1. The molecule has 1 aromatic carbocycles. The van der Waals surface area contributed by atoms with Gasteiger partial charge in [0.1, 0.15) is 0 Å². The first-order valence-corrected chi connectivity index (χ1v) is 5.24. The molecule has 0 aliphatic rings. The molecular formula is C13H17O. The van der Waals surface area contributed by atoms with Crippen LogP contribution in [0.3, 0.4) is 0 Å². The van der Waals surface area contributed by atoms with E-state index in [2.05, 4.69) is 13.3 Å². The van der Waals surface area contributed by atoms with Crippen LogP contribution in [-0.2, 0) is 0 Å². The predicted molar refractivity (Wildman–Crippen MR) is 59.2 cm³/mol. The molecule has 0 atom stereocenters. The molecule has 0 amide bonds. The van der Waals surface area contributed by atoms with Crippen molar-refractivity contribution in [2.45, 2.75) is 32.6 Å². The zero-order valence-corrected chi connectivity index (χ0v) is 8.70. The Hall–Kier alpha value is -1.11. The van der Waals surface area contributed by atoms with Gasteiger partial charge in [-0.1, -0.05) is 50.1 Å². The van der Waals surface area contributed by atoms with Gasteiger partial charge in [-0.25, -0.2) is 0 Å². The van der Waals surface area contributed by atoms with E-state index in [0.29, 0.717) is 6.42 Å². The zero-order chi connectivity index (χ0) is 10.2. The van der Waals surface area contributed by atoms with Crippen LogP contribution in [0.2, 0.25) is 0 Å². The molecule has 0 saturated carbocycles. The number of hydrogen-bond acceptors (Lipinski definition) is 1. The largest absolute Gasteiger partial charge is 0.294 e. The molecule has 0 bridgehead atoms. The van der Waals surface area contributed by atoms with Crippen LogP contribution in [0, 0.1) is 6.42 Å². The molecule has 0 saturated heterocycles. The minimum Gasteiger partial charge on any atom is -0.294 e. The fourth-order valence-corrected chi connectivity index (χ4v) is 1.32. The Balaban J connectivity index is 2.29. The fourth-order valence-electron chi connectivity index (χ4n) is 1.32. The molecule has 1 aromatic rings. The smallest absolute Gasteiger partial charge is 0.163 e. The van der Waals surface area contributed by atoms with Crippen molar-refractivity contribution < 1.29 is 4.79 Å². The Morgan fingerprint density at radius 1 is 1.29 bits per heavy atom. The Kier molecular flexibility index (Phi) is 4.98. The van der Waals surface area contributed by atoms with E-state index in [1.807, 2.05) is 30.3 Å². The highest BCUT2D eigenvalue weighted by atomic mass is 16.1. The number of Topliss-reactive ketones (excluding diaryl/α,β-unsaturated/α-hetero) is 1. The summed E-state index contributed by atoms with van der Waals surface area (Å²) in [4.78, 5) is 11.6. The lowest BCUT2D eigenvalue weighted by molar-refractivity contribution is 0.0991. The summed E-state index contributed by atoms with van der Waals surface area (Å²) < 4.78 is 0. The van der Waals surface area contributed by atoms with E-state index in [9.17, 15) is 4.79 Å². The lowest BCUT2D eigenvalue weighted by Gasteiger charge is -1.99. The third kappa shape index (κ3) is 3.73. The summed E-state index contributed by atoms with van der Waals surface area (Å²) in [5, 5.41) is 0. The maximum Gasteiger partial charge on any atom is 0.163 e. The first-order chi connectivity index (χ1) is 6.84. The van der Waals surface area contributed by atoms with Gasteiger partial charge in [0.25, 0.3) is 0 Å². The van der Waals surface area contributed by atoms with Gasteiger partial charge in [0.2, 0.25) is 0 Å². The first kappa shape index (κ1) is 11.0. The molecule has 0 aromatic heterocycles. The molecule has 1 nitrogen and oxygen atoms in total. The molecular weight excluding hydrogens is 172 g/mol. The molecule has 1 heteroatoms. The summed E-state index contributed by atoms with van der Waals surface area (Å²) in [6.45, 7) is 2.16. The highest BCUT2D eigenvalue weighted by molar-refractivity contribution is 5.96. The molecule has 1 radical (unpaired) electrons. The number of carbonyl (C=O) groups is 1. The second-order valence-corrected chi connectivity index (χ2v) is 3.42. The van der Waals surface area contributed by atoms with Crippen LogP contribution in [0.4, 0.5) is 0 Å². The van der Waals surface area contributed by atoms with E-state index >= 15 is 0 Å². The van der Waals surface area contributed by atoms with Crippen LogP contribution in [0.25, 0.3) is 0 Å². The minimum atomic E-state index is 0.224. The average Bonchev–Trinajstić information content (AvgIpc) is 2.25. The highest BCUT2D eigenvalue weighted by Gasteiger charge is 2.03. The van der Waals surface area contributed by atoms with E-state index in [1.54, 1.807) is 0 Å². The average molecular weight is 189 g/mol. The van der Waals surface area contributed by atoms with Crippen molar-refractivity contribution in [3.63, 3.8) is 0 Å². The van der Waals surface area contributed by atoms with E-state index in [0.717, 1.165) is 12.0 Å². The zero-order valence-electron chi connectivity index (χ0n) is 8.70. The molecule has 1 rings (SSSR count). The first-order valence-electron chi connectivity index (χ1n) is 5.24. The van der Waals surface area contributed by atoms with Gasteiger partial charge in [0.15, 0.2) is 5.78 Å². The summed E-state index contributed by atoms with van der Waals surface area (Å²) in [5.41, 5.74) is 0.820. The number of hydrogen-bond donors (Lipinski definition) is 0. The van der Waals surface area contributed by atoms with Crippen LogP contribution in [0.15, 0.2) is 30.3 Å². The van der Waals surface area contributed by atoms with Crippen molar-refractivity contribution in [3.05, 3.63) is 42.3 Å². The van der Waals surface area contributed by atoms with Gasteiger partial charge in [-0.05, 0) is 12.8 Å². The van der Waals surface area contributed by atoms with Crippen LogP contribution in [0.5, 0.6) is 0 Å². The van der Waals surface area contributed by atoms with Gasteiger partial charge >= 0.3 is 0 Å². The molecule has 75 valence electrons. The second-order valence-electron chi connectivity index (χ2n) is 3.42. The van der Waals surface area contributed by atoms with Crippen molar-refractivity contribution in [2.75, 3.05) is 0 Å². The third-order valence-corrected chi connectivity index (χ3v) is 2.19. The van der Waals surface area contributed by atoms with E-state index in [-0.39, 0.29) is 5.78 Å². The molecule has 0 aliphatic carbocycles.